The minimum Gasteiger partial charge on any atom is -0.481 e. The maximum Gasteiger partial charge on any atom is 0.407 e. The maximum absolute atomic E-state index is 14.4. The summed E-state index contributed by atoms with van der Waals surface area (Å²) in [5, 5.41) is 11.6. The molecule has 1 saturated heterocycles. The number of ether oxygens (including phenoxy) is 1. The first-order chi connectivity index (χ1) is 16.8. The number of nitrogens with one attached hydrogen (secondary N) is 1. The number of hydrogen-bond donors (Lipinski definition) is 2. The molecule has 0 bridgehead atoms. The lowest BCUT2D eigenvalue weighted by Gasteiger charge is -2.30. The number of alkyl halides is 2. The van der Waals surface area contributed by atoms with Gasteiger partial charge in [-0.3, -0.25) is 9.59 Å². The van der Waals surface area contributed by atoms with Crippen LogP contribution < -0.4 is 5.32 Å². The molecule has 2 aromatic rings. The maximum atomic E-state index is 14.4. The third-order valence-corrected chi connectivity index (χ3v) is 7.36. The van der Waals surface area contributed by atoms with E-state index in [-0.39, 0.29) is 25.6 Å². The fourth-order valence-electron chi connectivity index (χ4n) is 5.40. The average Bonchev–Trinajstić information content (AvgIpc) is 3.26. The smallest absolute Gasteiger partial charge is 0.407 e. The topological polar surface area (TPSA) is 95.9 Å². The van der Waals surface area contributed by atoms with Crippen LogP contribution in [0.4, 0.5) is 13.6 Å². The number of fused-ring (bicyclic) bond motifs is 3. The number of aliphatic carboxylic acids is 1. The molecule has 1 aliphatic heterocycles. The van der Waals surface area contributed by atoms with Crippen molar-refractivity contribution >= 4 is 18.0 Å². The first-order valence-electron chi connectivity index (χ1n) is 11.8. The summed E-state index contributed by atoms with van der Waals surface area (Å²) >= 11 is 0. The van der Waals surface area contributed by atoms with Crippen LogP contribution in [0.5, 0.6) is 0 Å². The van der Waals surface area contributed by atoms with Crippen LogP contribution in [0.1, 0.15) is 29.9 Å². The molecule has 2 fully saturated rings. The van der Waals surface area contributed by atoms with Gasteiger partial charge in [0.25, 0.3) is 5.92 Å². The minimum atomic E-state index is -3.25. The van der Waals surface area contributed by atoms with Crippen LogP contribution in [0.25, 0.3) is 11.1 Å². The Kier molecular flexibility index (Phi) is 5.94. The molecule has 1 saturated carbocycles. The molecule has 3 atom stereocenters. The van der Waals surface area contributed by atoms with Gasteiger partial charge in [0.1, 0.15) is 12.5 Å². The highest BCUT2D eigenvalue weighted by molar-refractivity contribution is 5.85. The van der Waals surface area contributed by atoms with Crippen LogP contribution in [-0.2, 0) is 14.3 Å². The van der Waals surface area contributed by atoms with Crippen molar-refractivity contribution in [1.29, 1.82) is 0 Å². The van der Waals surface area contributed by atoms with E-state index in [0.717, 1.165) is 22.3 Å². The number of piperidine rings is 1. The molecule has 9 heteroatoms. The van der Waals surface area contributed by atoms with E-state index in [0.29, 0.717) is 12.8 Å². The number of carbonyl (C=O) groups is 3. The van der Waals surface area contributed by atoms with Crippen molar-refractivity contribution in [2.45, 2.75) is 24.7 Å². The molecular formula is C26H26F2N2O5. The zero-order chi connectivity index (χ0) is 24.7. The van der Waals surface area contributed by atoms with Gasteiger partial charge in [-0.25, -0.2) is 13.6 Å². The summed E-state index contributed by atoms with van der Waals surface area (Å²) in [4.78, 5) is 37.4. The highest BCUT2D eigenvalue weighted by Crippen LogP contribution is 2.56. The lowest BCUT2D eigenvalue weighted by atomic mass is 9.98. The summed E-state index contributed by atoms with van der Waals surface area (Å²) in [7, 11) is 0. The van der Waals surface area contributed by atoms with Crippen LogP contribution in [0.3, 0.4) is 0 Å². The lowest BCUT2D eigenvalue weighted by Crippen LogP contribution is -2.43. The van der Waals surface area contributed by atoms with E-state index in [1.54, 1.807) is 0 Å². The predicted octanol–water partition coefficient (Wildman–Crippen LogP) is 3.73. The first-order valence-corrected chi connectivity index (χ1v) is 11.8. The first kappa shape index (κ1) is 23.3. The number of likely N-dealkylation sites (tertiary alicyclic amines) is 1. The van der Waals surface area contributed by atoms with Crippen molar-refractivity contribution in [2.75, 3.05) is 26.2 Å². The number of carboxylic acids is 1. The van der Waals surface area contributed by atoms with Crippen LogP contribution >= 0.6 is 0 Å². The third kappa shape index (κ3) is 4.24. The average molecular weight is 484 g/mol. The Morgan fingerprint density at radius 1 is 1.06 bits per heavy atom. The molecule has 0 spiro atoms. The second kappa shape index (κ2) is 8.94. The van der Waals surface area contributed by atoms with Gasteiger partial charge < -0.3 is 20.1 Å². The highest BCUT2D eigenvalue weighted by Gasteiger charge is 2.72. The normalized spacial score (nSPS) is 24.3. The number of carbonyl (C=O) groups excluding carboxylic acids is 2. The Hall–Kier alpha value is -3.49. The van der Waals surface area contributed by atoms with Crippen molar-refractivity contribution in [2.24, 2.45) is 17.8 Å². The summed E-state index contributed by atoms with van der Waals surface area (Å²) in [5.41, 5.74) is 4.25. The second-order valence-electron chi connectivity index (χ2n) is 9.43. The van der Waals surface area contributed by atoms with Gasteiger partial charge in [-0.2, -0.15) is 0 Å². The fraction of sp³-hybridized carbons (Fsp3) is 0.423. The largest absolute Gasteiger partial charge is 0.481 e. The number of hydrogen-bond acceptors (Lipinski definition) is 4. The van der Waals surface area contributed by atoms with Crippen molar-refractivity contribution in [3.05, 3.63) is 59.7 Å². The van der Waals surface area contributed by atoms with Gasteiger partial charge in [-0.1, -0.05) is 48.5 Å². The Morgan fingerprint density at radius 2 is 1.69 bits per heavy atom. The second-order valence-corrected chi connectivity index (χ2v) is 9.43. The zero-order valence-corrected chi connectivity index (χ0v) is 19.0. The van der Waals surface area contributed by atoms with Gasteiger partial charge in [0.05, 0.1) is 11.8 Å². The number of alkyl carbamates (subject to hydrolysis) is 1. The fourth-order valence-corrected chi connectivity index (χ4v) is 5.40. The molecular weight excluding hydrogens is 458 g/mol. The Morgan fingerprint density at radius 3 is 2.31 bits per heavy atom. The molecule has 5 rings (SSSR count). The van der Waals surface area contributed by atoms with Gasteiger partial charge >= 0.3 is 12.1 Å². The van der Waals surface area contributed by atoms with Crippen molar-refractivity contribution in [1.82, 2.24) is 10.2 Å². The quantitative estimate of drug-likeness (QED) is 0.652. The molecule has 3 aliphatic rings. The van der Waals surface area contributed by atoms with Gasteiger partial charge in [0, 0.05) is 25.6 Å². The Labute approximate surface area is 201 Å². The van der Waals surface area contributed by atoms with Crippen molar-refractivity contribution in [3.63, 3.8) is 0 Å². The van der Waals surface area contributed by atoms with Crippen LogP contribution in [0.2, 0.25) is 0 Å². The number of benzene rings is 2. The standard InChI is InChI=1S/C26H26F2N2O5/c27-26(28)21(22(26)23(31)30-11-5-6-15(13-30)24(32)33)12-29-25(34)35-14-20-18-9-3-1-7-16(18)17-8-2-4-10-19(17)20/h1-4,7-10,15,20-22H,5-6,11-14H2,(H,29,34)(H,32,33)/t15-,21-,22-/m0/s1. The summed E-state index contributed by atoms with van der Waals surface area (Å²) in [6, 6.07) is 15.7. The highest BCUT2D eigenvalue weighted by atomic mass is 19.3. The lowest BCUT2D eigenvalue weighted by molar-refractivity contribution is -0.146. The molecule has 0 unspecified atom stereocenters. The summed E-state index contributed by atoms with van der Waals surface area (Å²) in [6.45, 7) is -0.126. The number of amides is 2. The predicted molar refractivity (Wildman–Crippen MR) is 122 cm³/mol. The molecule has 2 N–H and O–H groups in total. The Balaban J connectivity index is 1.16. The molecule has 1 heterocycles. The third-order valence-electron chi connectivity index (χ3n) is 7.36. The SMILES string of the molecule is O=C(NC[C@H]1[C@@H](C(=O)N2CCC[C@H](C(=O)O)C2)C1(F)F)OCC1c2ccccc2-c2ccccc21. The van der Waals surface area contributed by atoms with Gasteiger partial charge in [-0.15, -0.1) is 0 Å². The van der Waals surface area contributed by atoms with E-state index < -0.39 is 48.2 Å². The molecule has 0 aromatic heterocycles. The molecule has 184 valence electrons. The van der Waals surface area contributed by atoms with E-state index in [4.69, 9.17) is 4.74 Å². The molecule has 0 radical (unpaired) electrons. The molecule has 35 heavy (non-hydrogen) atoms. The van der Waals surface area contributed by atoms with E-state index >= 15 is 0 Å². The number of halogens is 2. The summed E-state index contributed by atoms with van der Waals surface area (Å²) < 4.78 is 34.1. The van der Waals surface area contributed by atoms with Crippen LogP contribution in [-0.4, -0.2) is 60.1 Å². The van der Waals surface area contributed by atoms with E-state index in [1.807, 2.05) is 48.5 Å². The number of nitrogens with zero attached hydrogens (tertiary/aromatic N) is 1. The zero-order valence-electron chi connectivity index (χ0n) is 19.0. The summed E-state index contributed by atoms with van der Waals surface area (Å²) in [5.74, 6) is -8.80. The monoisotopic (exact) mass is 484 g/mol. The van der Waals surface area contributed by atoms with E-state index in [9.17, 15) is 28.3 Å². The molecule has 2 aromatic carbocycles. The van der Waals surface area contributed by atoms with Crippen LogP contribution in [0.15, 0.2) is 48.5 Å². The molecule has 7 nitrogen and oxygen atoms in total. The number of carboxylic acid groups (broad SMARTS) is 1. The van der Waals surface area contributed by atoms with Crippen LogP contribution in [0, 0.1) is 17.8 Å². The van der Waals surface area contributed by atoms with E-state index in [1.165, 1.54) is 4.90 Å². The molecule has 2 aliphatic carbocycles. The molecule has 2 amide bonds. The van der Waals surface area contributed by atoms with Crippen molar-refractivity contribution < 1.29 is 33.0 Å². The summed E-state index contributed by atoms with van der Waals surface area (Å²) in [6.07, 6.45) is 0.0704. The van der Waals surface area contributed by atoms with Gasteiger partial charge in [0.15, 0.2) is 0 Å². The minimum absolute atomic E-state index is 0.0622. The van der Waals surface area contributed by atoms with Crippen molar-refractivity contribution in [3.8, 4) is 11.1 Å². The van der Waals surface area contributed by atoms with Gasteiger partial charge in [0.2, 0.25) is 5.91 Å². The van der Waals surface area contributed by atoms with Gasteiger partial charge in [-0.05, 0) is 35.1 Å². The number of rotatable bonds is 6. The Bertz CT molecular complexity index is 1120. The van der Waals surface area contributed by atoms with E-state index in [2.05, 4.69) is 5.32 Å².